The zero-order valence-corrected chi connectivity index (χ0v) is 26.5. The number of hydrogen-bond donors (Lipinski definition) is 0. The molecule has 0 radical (unpaired) electrons. The molecule has 36 heavy (non-hydrogen) atoms. The normalized spacial score (nSPS) is 14.6. The van der Waals surface area contributed by atoms with Crippen molar-refractivity contribution in [1.82, 2.24) is 0 Å². The summed E-state index contributed by atoms with van der Waals surface area (Å²) in [4.78, 5) is 0. The summed E-state index contributed by atoms with van der Waals surface area (Å²) in [6.45, 7) is 26.1. The third kappa shape index (κ3) is 17.4. The molecule has 0 aliphatic carbocycles. The van der Waals surface area contributed by atoms with E-state index < -0.39 is 0 Å². The van der Waals surface area contributed by atoms with Gasteiger partial charge in [-0.15, -0.1) is 0 Å². The monoisotopic (exact) mass is 503 g/mol. The van der Waals surface area contributed by atoms with Crippen molar-refractivity contribution in [2.24, 2.45) is 0 Å². The van der Waals surface area contributed by atoms with E-state index in [4.69, 9.17) is 0 Å². The van der Waals surface area contributed by atoms with Crippen LogP contribution in [0.4, 0.5) is 0 Å². The molecule has 210 valence electrons. The molecular formula is C34H66N2+2. The van der Waals surface area contributed by atoms with Gasteiger partial charge in [-0.05, 0) is 107 Å². The highest BCUT2D eigenvalue weighted by molar-refractivity contribution is 5.06. The summed E-state index contributed by atoms with van der Waals surface area (Å²) in [7, 11) is 4.78. The second-order valence-electron chi connectivity index (χ2n) is 12.0. The summed E-state index contributed by atoms with van der Waals surface area (Å²) in [5.41, 5.74) is 6.24. The van der Waals surface area contributed by atoms with Crippen LogP contribution in [0.3, 0.4) is 0 Å². The molecule has 0 aromatic rings. The fraction of sp³-hybridized carbons (Fsp3) is 0.765. The first kappa shape index (κ1) is 34.9. The first-order valence-corrected chi connectivity index (χ1v) is 15.3. The topological polar surface area (TPSA) is 0 Å². The number of rotatable bonds is 21. The molecule has 0 aromatic heterocycles. The molecule has 2 heteroatoms. The Morgan fingerprint density at radius 1 is 0.444 bits per heavy atom. The summed E-state index contributed by atoms with van der Waals surface area (Å²) in [6, 6.07) is 0. The van der Waals surface area contributed by atoms with Crippen LogP contribution in [0.25, 0.3) is 0 Å². The molecule has 2 nitrogen and oxygen atoms in total. The Kier molecular flexibility index (Phi) is 19.3. The van der Waals surface area contributed by atoms with Crippen LogP contribution < -0.4 is 0 Å². The van der Waals surface area contributed by atoms with Crippen molar-refractivity contribution >= 4 is 0 Å². The van der Waals surface area contributed by atoms with Crippen molar-refractivity contribution in [3.8, 4) is 0 Å². The largest absolute Gasteiger partial charge is 0.326 e. The highest BCUT2D eigenvalue weighted by atomic mass is 15.3. The van der Waals surface area contributed by atoms with Crippen molar-refractivity contribution < 1.29 is 8.97 Å². The number of allylic oxidation sites excluding steroid dienone is 8. The molecule has 0 spiro atoms. The minimum absolute atomic E-state index is 1.18. The number of unbranched alkanes of at least 4 members (excludes halogenated alkanes) is 1. The van der Waals surface area contributed by atoms with Crippen LogP contribution in [-0.2, 0) is 0 Å². The SMILES string of the molecule is CC[N+](C)(CC)CCCC(C)=CCC/C(C)=C/CCC=C(C)CC/C=C(\C)CCC[N+](C)(CC)CC. The van der Waals surface area contributed by atoms with Gasteiger partial charge in [-0.25, -0.2) is 0 Å². The second-order valence-corrected chi connectivity index (χ2v) is 12.0. The third-order valence-electron chi connectivity index (χ3n) is 8.81. The van der Waals surface area contributed by atoms with Crippen LogP contribution in [0.1, 0.15) is 120 Å². The van der Waals surface area contributed by atoms with Gasteiger partial charge in [-0.2, -0.15) is 0 Å². The molecule has 0 saturated carbocycles. The third-order valence-corrected chi connectivity index (χ3v) is 8.81. The molecule has 0 N–H and O–H groups in total. The van der Waals surface area contributed by atoms with E-state index in [9.17, 15) is 0 Å². The maximum Gasteiger partial charge on any atom is 0.0787 e. The molecule has 0 fully saturated rings. The van der Waals surface area contributed by atoms with Gasteiger partial charge in [0.1, 0.15) is 0 Å². The average Bonchev–Trinajstić information content (AvgIpc) is 2.86. The van der Waals surface area contributed by atoms with Gasteiger partial charge in [0.2, 0.25) is 0 Å². The lowest BCUT2D eigenvalue weighted by molar-refractivity contribution is -0.906. The fourth-order valence-corrected chi connectivity index (χ4v) is 4.72. The Bertz CT molecular complexity index is 624. The first-order valence-electron chi connectivity index (χ1n) is 15.3. The molecule has 0 unspecified atom stereocenters. The lowest BCUT2D eigenvalue weighted by atomic mass is 10.0. The molecule has 0 bridgehead atoms. The second kappa shape index (κ2) is 19.9. The Morgan fingerprint density at radius 3 is 1.03 bits per heavy atom. The minimum atomic E-state index is 1.18. The molecule has 0 heterocycles. The van der Waals surface area contributed by atoms with E-state index >= 15 is 0 Å². The lowest BCUT2D eigenvalue weighted by Gasteiger charge is -2.32. The maximum absolute atomic E-state index is 2.48. The van der Waals surface area contributed by atoms with E-state index in [1.165, 1.54) is 112 Å². The highest BCUT2D eigenvalue weighted by Crippen LogP contribution is 2.15. The number of quaternary nitrogens is 2. The van der Waals surface area contributed by atoms with E-state index in [2.05, 4.69) is 93.8 Å². The van der Waals surface area contributed by atoms with Crippen molar-refractivity contribution in [3.05, 3.63) is 46.6 Å². The molecule has 0 amide bonds. The van der Waals surface area contributed by atoms with Crippen LogP contribution in [0, 0.1) is 0 Å². The minimum Gasteiger partial charge on any atom is -0.326 e. The Hall–Kier alpha value is -1.12. The van der Waals surface area contributed by atoms with E-state index in [0.717, 1.165) is 0 Å². The van der Waals surface area contributed by atoms with Gasteiger partial charge in [0, 0.05) is 12.8 Å². The first-order chi connectivity index (χ1) is 17.0. The standard InChI is InChI=1S/C34H66N2/c1-11-35(9,12-2)29-19-27-33(7)25-17-23-31(5)21-15-16-22-32(6)24-18-26-34(8)28-20-30-36(10,13-3)14-4/h21-22,25-26H,11-20,23-24,27-30H2,1-10H3/q+2/b31-21+,32-22?,33-25?,34-26+. The molecule has 0 saturated heterocycles. The van der Waals surface area contributed by atoms with Gasteiger partial charge in [-0.1, -0.05) is 46.6 Å². The number of nitrogens with zero attached hydrogens (tertiary/aromatic N) is 2. The van der Waals surface area contributed by atoms with Gasteiger partial charge in [-0.3, -0.25) is 0 Å². The van der Waals surface area contributed by atoms with Gasteiger partial charge < -0.3 is 8.97 Å². The summed E-state index contributed by atoms with van der Waals surface area (Å²) in [5, 5.41) is 0. The summed E-state index contributed by atoms with van der Waals surface area (Å²) >= 11 is 0. The summed E-state index contributed by atoms with van der Waals surface area (Å²) < 4.78 is 2.41. The fourth-order valence-electron chi connectivity index (χ4n) is 4.72. The Morgan fingerprint density at radius 2 is 0.722 bits per heavy atom. The van der Waals surface area contributed by atoms with Crippen LogP contribution >= 0.6 is 0 Å². The maximum atomic E-state index is 2.48. The van der Waals surface area contributed by atoms with Crippen molar-refractivity contribution in [3.63, 3.8) is 0 Å². The van der Waals surface area contributed by atoms with E-state index in [0.29, 0.717) is 0 Å². The van der Waals surface area contributed by atoms with Gasteiger partial charge >= 0.3 is 0 Å². The molecule has 0 aliphatic rings. The van der Waals surface area contributed by atoms with Gasteiger partial charge in [0.25, 0.3) is 0 Å². The van der Waals surface area contributed by atoms with Crippen LogP contribution in [0.15, 0.2) is 46.6 Å². The van der Waals surface area contributed by atoms with Crippen LogP contribution in [0.2, 0.25) is 0 Å². The average molecular weight is 503 g/mol. The van der Waals surface area contributed by atoms with Crippen LogP contribution in [-0.4, -0.2) is 62.3 Å². The summed E-state index contributed by atoms with van der Waals surface area (Å²) in [6.07, 6.45) is 22.2. The van der Waals surface area contributed by atoms with Gasteiger partial charge in [0.15, 0.2) is 0 Å². The quantitative estimate of drug-likeness (QED) is 0.0832. The smallest absolute Gasteiger partial charge is 0.0787 e. The van der Waals surface area contributed by atoms with E-state index in [1.54, 1.807) is 22.3 Å². The highest BCUT2D eigenvalue weighted by Gasteiger charge is 2.15. The van der Waals surface area contributed by atoms with Crippen LogP contribution in [0.5, 0.6) is 0 Å². The zero-order chi connectivity index (χ0) is 27.5. The lowest BCUT2D eigenvalue weighted by Crippen LogP contribution is -2.44. The molecule has 0 atom stereocenters. The predicted octanol–water partition coefficient (Wildman–Crippen LogP) is 9.65. The summed E-state index contributed by atoms with van der Waals surface area (Å²) in [5.74, 6) is 0. The Balaban J connectivity index is 4.14. The van der Waals surface area contributed by atoms with E-state index in [1.807, 2.05) is 0 Å². The molecule has 0 rings (SSSR count). The van der Waals surface area contributed by atoms with Crippen molar-refractivity contribution in [1.29, 1.82) is 0 Å². The van der Waals surface area contributed by atoms with Crippen molar-refractivity contribution in [2.75, 3.05) is 53.4 Å². The molecule has 0 aromatic carbocycles. The van der Waals surface area contributed by atoms with Crippen molar-refractivity contribution in [2.45, 2.75) is 120 Å². The zero-order valence-electron chi connectivity index (χ0n) is 26.5. The Labute approximate surface area is 228 Å². The van der Waals surface area contributed by atoms with E-state index in [-0.39, 0.29) is 0 Å². The number of hydrogen-bond acceptors (Lipinski definition) is 0. The molecular weight excluding hydrogens is 436 g/mol. The predicted molar refractivity (Wildman–Crippen MR) is 165 cm³/mol. The molecule has 0 aliphatic heterocycles. The van der Waals surface area contributed by atoms with Gasteiger partial charge in [0.05, 0.1) is 53.4 Å².